The Morgan fingerprint density at radius 3 is 2.50 bits per heavy atom. The van der Waals surface area contributed by atoms with Crippen molar-refractivity contribution in [3.05, 3.63) is 17.7 Å². The highest BCUT2D eigenvalue weighted by Gasteiger charge is 2.19. The number of thiol groups is 1. The van der Waals surface area contributed by atoms with Crippen LogP contribution in [0.1, 0.15) is 5.56 Å². The van der Waals surface area contributed by atoms with Gasteiger partial charge in [0, 0.05) is 15.6 Å². The zero-order chi connectivity index (χ0) is 10.9. The molecule has 74 valence electrons. The molecule has 0 aliphatic rings. The number of benzene rings is 1. The largest absolute Gasteiger partial charge is 0.506 e. The van der Waals surface area contributed by atoms with E-state index in [-0.39, 0.29) is 10.5 Å². The van der Waals surface area contributed by atoms with Crippen LogP contribution in [-0.2, 0) is 9.05 Å². The van der Waals surface area contributed by atoms with Gasteiger partial charge in [0.25, 0.3) is 9.05 Å². The molecule has 0 bridgehead atoms. The quantitative estimate of drug-likeness (QED) is 0.584. The molecule has 1 N–H and O–H groups in total. The highest BCUT2D eigenvalue weighted by atomic mass is 35.7. The van der Waals surface area contributed by atoms with Crippen molar-refractivity contribution in [2.75, 3.05) is 0 Å². The summed E-state index contributed by atoms with van der Waals surface area (Å²) in [6.07, 6.45) is 0. The predicted octanol–water partition coefficient (Wildman–Crippen LogP) is 1.48. The van der Waals surface area contributed by atoms with Crippen LogP contribution in [0.3, 0.4) is 0 Å². The first-order valence-electron chi connectivity index (χ1n) is 3.27. The second kappa shape index (κ2) is 3.69. The Kier molecular flexibility index (Phi) is 2.95. The maximum atomic E-state index is 11.0. The number of phenols is 1. The van der Waals surface area contributed by atoms with Crippen molar-refractivity contribution in [1.82, 2.24) is 0 Å². The molecule has 0 saturated carbocycles. The van der Waals surface area contributed by atoms with Crippen molar-refractivity contribution in [3.63, 3.8) is 0 Å². The summed E-state index contributed by atoms with van der Waals surface area (Å²) in [5.74, 6) is -0.459. The molecule has 0 spiro atoms. The second-order valence-electron chi connectivity index (χ2n) is 2.39. The Hall–Kier alpha value is -0.900. The average Bonchev–Trinajstić information content (AvgIpc) is 2.01. The summed E-state index contributed by atoms with van der Waals surface area (Å²) in [6, 6.07) is 3.81. The third-order valence-corrected chi connectivity index (χ3v) is 3.04. The molecule has 0 heterocycles. The molecule has 1 aromatic carbocycles. The first-order chi connectivity index (χ1) is 6.36. The minimum absolute atomic E-state index is 0.209. The lowest BCUT2D eigenvalue weighted by Crippen LogP contribution is -1.95. The van der Waals surface area contributed by atoms with Crippen LogP contribution in [0.15, 0.2) is 21.9 Å². The fraction of sp³-hybridized carbons (Fsp3) is 0. The lowest BCUT2D eigenvalue weighted by atomic mass is 10.2. The topological polar surface area (TPSA) is 78.2 Å². The molecule has 0 saturated heterocycles. The lowest BCUT2D eigenvalue weighted by Gasteiger charge is -2.03. The molecular weight excluding hydrogens is 246 g/mol. The monoisotopic (exact) mass is 249 g/mol. The number of phenolic OH excluding ortho intramolecular Hbond substituents is 1. The standard InChI is InChI=1S/C7H4ClNO3S2/c8-14(11,12)7-2-4(13)1-6(10)5(7)3-9/h1-2,10,13H. The predicted molar refractivity (Wildman–Crippen MR) is 53.1 cm³/mol. The molecule has 1 aromatic rings. The van der Waals surface area contributed by atoms with E-state index in [1.54, 1.807) is 6.07 Å². The van der Waals surface area contributed by atoms with Crippen LogP contribution >= 0.6 is 23.3 Å². The maximum absolute atomic E-state index is 11.0. The van der Waals surface area contributed by atoms with Crippen LogP contribution < -0.4 is 0 Å². The number of halogens is 1. The molecule has 0 radical (unpaired) electrons. The Bertz CT molecular complexity index is 518. The zero-order valence-corrected chi connectivity index (χ0v) is 9.07. The van der Waals surface area contributed by atoms with Crippen LogP contribution in [0.5, 0.6) is 5.75 Å². The van der Waals surface area contributed by atoms with Gasteiger partial charge in [-0.1, -0.05) is 0 Å². The van der Waals surface area contributed by atoms with Gasteiger partial charge >= 0.3 is 0 Å². The van der Waals surface area contributed by atoms with Gasteiger partial charge in [-0.2, -0.15) is 5.26 Å². The average molecular weight is 250 g/mol. The first kappa shape index (κ1) is 11.2. The molecule has 0 aliphatic heterocycles. The molecule has 0 atom stereocenters. The van der Waals surface area contributed by atoms with E-state index in [2.05, 4.69) is 12.6 Å². The van der Waals surface area contributed by atoms with Gasteiger partial charge in [-0.3, -0.25) is 0 Å². The Morgan fingerprint density at radius 1 is 1.50 bits per heavy atom. The van der Waals surface area contributed by atoms with Gasteiger partial charge in [0.15, 0.2) is 0 Å². The maximum Gasteiger partial charge on any atom is 0.262 e. The minimum Gasteiger partial charge on any atom is -0.506 e. The van der Waals surface area contributed by atoms with Crippen LogP contribution in [0.25, 0.3) is 0 Å². The lowest BCUT2D eigenvalue weighted by molar-refractivity contribution is 0.469. The fourth-order valence-electron chi connectivity index (χ4n) is 0.891. The van der Waals surface area contributed by atoms with E-state index in [1.807, 2.05) is 0 Å². The third-order valence-electron chi connectivity index (χ3n) is 1.44. The summed E-state index contributed by atoms with van der Waals surface area (Å²) in [5.41, 5.74) is -0.377. The number of nitriles is 1. The zero-order valence-electron chi connectivity index (χ0n) is 6.60. The highest BCUT2D eigenvalue weighted by molar-refractivity contribution is 8.13. The number of rotatable bonds is 1. The number of nitrogens with zero attached hydrogens (tertiary/aromatic N) is 1. The highest BCUT2D eigenvalue weighted by Crippen LogP contribution is 2.29. The van der Waals surface area contributed by atoms with E-state index >= 15 is 0 Å². The molecule has 4 nitrogen and oxygen atoms in total. The molecule has 0 aromatic heterocycles. The smallest absolute Gasteiger partial charge is 0.262 e. The minimum atomic E-state index is -4.05. The molecule has 0 aliphatic carbocycles. The molecule has 1 rings (SSSR count). The van der Waals surface area contributed by atoms with E-state index in [9.17, 15) is 13.5 Å². The van der Waals surface area contributed by atoms with E-state index < -0.39 is 19.7 Å². The molecule has 0 amide bonds. The van der Waals surface area contributed by atoms with Gasteiger partial charge < -0.3 is 5.11 Å². The summed E-state index contributed by atoms with van der Waals surface area (Å²) < 4.78 is 22.0. The first-order valence-corrected chi connectivity index (χ1v) is 6.02. The summed E-state index contributed by atoms with van der Waals surface area (Å²) in [7, 11) is 1.01. The number of hydrogen-bond acceptors (Lipinski definition) is 5. The van der Waals surface area contributed by atoms with Gasteiger partial charge in [-0.15, -0.1) is 12.6 Å². The van der Waals surface area contributed by atoms with E-state index in [0.717, 1.165) is 12.1 Å². The van der Waals surface area contributed by atoms with Gasteiger partial charge in [0.05, 0.1) is 0 Å². The van der Waals surface area contributed by atoms with Crippen LogP contribution in [-0.4, -0.2) is 13.5 Å². The van der Waals surface area contributed by atoms with Gasteiger partial charge in [0.1, 0.15) is 22.3 Å². The van der Waals surface area contributed by atoms with E-state index in [4.69, 9.17) is 15.9 Å². The Morgan fingerprint density at radius 2 is 2.07 bits per heavy atom. The molecule has 0 unspecified atom stereocenters. The molecule has 14 heavy (non-hydrogen) atoms. The second-order valence-corrected chi connectivity index (χ2v) is 5.44. The van der Waals surface area contributed by atoms with Crippen molar-refractivity contribution in [2.45, 2.75) is 9.79 Å². The van der Waals surface area contributed by atoms with Gasteiger partial charge in [-0.05, 0) is 12.1 Å². The Balaban J connectivity index is 3.68. The van der Waals surface area contributed by atoms with Crippen molar-refractivity contribution in [3.8, 4) is 11.8 Å². The van der Waals surface area contributed by atoms with Gasteiger partial charge in [0.2, 0.25) is 0 Å². The summed E-state index contributed by atoms with van der Waals surface area (Å²) in [4.78, 5) is -0.229. The fourth-order valence-corrected chi connectivity index (χ4v) is 2.26. The number of hydrogen-bond donors (Lipinski definition) is 2. The normalized spacial score (nSPS) is 10.9. The molecular formula is C7H4ClNO3S2. The van der Waals surface area contributed by atoms with Crippen LogP contribution in [0.2, 0.25) is 0 Å². The SMILES string of the molecule is N#Cc1c(O)cc(S)cc1S(=O)(=O)Cl. The van der Waals surface area contributed by atoms with E-state index in [1.165, 1.54) is 0 Å². The van der Waals surface area contributed by atoms with Crippen LogP contribution in [0, 0.1) is 11.3 Å². The molecule has 7 heteroatoms. The van der Waals surface area contributed by atoms with Crippen molar-refractivity contribution < 1.29 is 13.5 Å². The number of aromatic hydroxyl groups is 1. The van der Waals surface area contributed by atoms with E-state index in [0.29, 0.717) is 0 Å². The van der Waals surface area contributed by atoms with Crippen molar-refractivity contribution in [1.29, 1.82) is 5.26 Å². The summed E-state index contributed by atoms with van der Waals surface area (Å²) in [5, 5.41) is 17.8. The van der Waals surface area contributed by atoms with Gasteiger partial charge in [-0.25, -0.2) is 8.42 Å². The van der Waals surface area contributed by atoms with Crippen LogP contribution in [0.4, 0.5) is 0 Å². The molecule has 0 fully saturated rings. The van der Waals surface area contributed by atoms with Crippen molar-refractivity contribution >= 4 is 32.4 Å². The van der Waals surface area contributed by atoms with Crippen molar-refractivity contribution in [2.24, 2.45) is 0 Å². The summed E-state index contributed by atoms with van der Waals surface area (Å²) >= 11 is 3.85. The third kappa shape index (κ3) is 2.12. The Labute approximate surface area is 90.6 Å². The summed E-state index contributed by atoms with van der Waals surface area (Å²) in [6.45, 7) is 0.